The Morgan fingerprint density at radius 1 is 0.538 bits per heavy atom. The maximum Gasteiger partial charge on any atom is 0.197 e. The molecule has 4 aromatic carbocycles. The van der Waals surface area contributed by atoms with E-state index in [9.17, 15) is 14.4 Å². The van der Waals surface area contributed by atoms with Gasteiger partial charge in [0.2, 0.25) is 0 Å². The molecule has 5 aromatic rings. The Morgan fingerprint density at radius 3 is 1.58 bits per heavy atom. The summed E-state index contributed by atoms with van der Waals surface area (Å²) in [6.07, 6.45) is 21.1. The Bertz CT molecular complexity index is 2570. The number of thiophene rings is 1. The van der Waals surface area contributed by atoms with Crippen molar-refractivity contribution in [1.82, 2.24) is 0 Å². The van der Waals surface area contributed by atoms with Gasteiger partial charge < -0.3 is 0 Å². The van der Waals surface area contributed by atoms with Crippen molar-refractivity contribution >= 4 is 61.0 Å². The monoisotopic (exact) mass is 694 g/mol. The van der Waals surface area contributed by atoms with Crippen LogP contribution in [-0.4, -0.2) is 17.3 Å². The van der Waals surface area contributed by atoms with Gasteiger partial charge in [0.15, 0.2) is 17.3 Å². The summed E-state index contributed by atoms with van der Waals surface area (Å²) in [6.45, 7) is 0. The number of fused-ring (bicyclic) bond motifs is 9. The molecule has 2 spiro atoms. The first kappa shape index (κ1) is 30.7. The van der Waals surface area contributed by atoms with Gasteiger partial charge in [-0.05, 0) is 95.0 Å². The molecule has 4 heteroatoms. The minimum absolute atomic E-state index is 0.0573. The first-order valence-electron chi connectivity index (χ1n) is 19.2. The number of ketones is 3. The number of benzene rings is 4. The molecule has 0 bridgehead atoms. The molecule has 0 aliphatic heterocycles. The number of carbonyl (C=O) groups is 3. The first-order chi connectivity index (χ1) is 25.4. The molecule has 52 heavy (non-hydrogen) atoms. The van der Waals surface area contributed by atoms with Crippen LogP contribution in [0, 0.1) is 0 Å². The highest BCUT2D eigenvalue weighted by Crippen LogP contribution is 2.56. The summed E-state index contributed by atoms with van der Waals surface area (Å²) in [5.74, 6) is -0.108. The summed E-state index contributed by atoms with van der Waals surface area (Å²) in [5.41, 5.74) is 11.8. The first-order valence-corrected chi connectivity index (χ1v) is 20.0. The van der Waals surface area contributed by atoms with E-state index in [1.807, 2.05) is 47.7 Å². The van der Waals surface area contributed by atoms with Gasteiger partial charge in [-0.1, -0.05) is 105 Å². The van der Waals surface area contributed by atoms with E-state index in [1.165, 1.54) is 73.7 Å². The maximum absolute atomic E-state index is 13.5. The molecule has 2 saturated carbocycles. The van der Waals surface area contributed by atoms with Crippen LogP contribution in [0.3, 0.4) is 0 Å². The molecule has 0 N–H and O–H groups in total. The summed E-state index contributed by atoms with van der Waals surface area (Å²) in [5, 5.41) is 2.64. The lowest BCUT2D eigenvalue weighted by atomic mass is 9.66. The van der Waals surface area contributed by atoms with Crippen LogP contribution in [0.25, 0.3) is 32.3 Å². The van der Waals surface area contributed by atoms with Gasteiger partial charge in [-0.2, -0.15) is 0 Å². The van der Waals surface area contributed by atoms with Gasteiger partial charge >= 0.3 is 0 Å². The second kappa shape index (κ2) is 11.0. The van der Waals surface area contributed by atoms with Crippen LogP contribution < -0.4 is 0 Å². The summed E-state index contributed by atoms with van der Waals surface area (Å²) >= 11 is 1.86. The Hall–Kier alpha value is -4.93. The van der Waals surface area contributed by atoms with E-state index in [0.717, 1.165) is 60.8 Å². The third-order valence-corrected chi connectivity index (χ3v) is 14.6. The largest absolute Gasteiger partial charge is 0.289 e. The average molecular weight is 695 g/mol. The van der Waals surface area contributed by atoms with E-state index in [-0.39, 0.29) is 28.2 Å². The number of carbonyl (C=O) groups excluding carboxylic acids is 3. The zero-order valence-corrected chi connectivity index (χ0v) is 30.0. The minimum Gasteiger partial charge on any atom is -0.289 e. The van der Waals surface area contributed by atoms with Gasteiger partial charge in [0.05, 0.1) is 5.57 Å². The van der Waals surface area contributed by atoms with Gasteiger partial charge in [0.1, 0.15) is 0 Å². The fourth-order valence-electron chi connectivity index (χ4n) is 10.9. The third kappa shape index (κ3) is 4.16. The smallest absolute Gasteiger partial charge is 0.197 e. The van der Waals surface area contributed by atoms with E-state index in [0.29, 0.717) is 23.1 Å². The quantitative estimate of drug-likeness (QED) is 0.137. The summed E-state index contributed by atoms with van der Waals surface area (Å²) in [4.78, 5) is 40.5. The molecule has 1 aromatic heterocycles. The fraction of sp³-hybridized carbons (Fsp3) is 0.271. The molecule has 2 fully saturated rings. The van der Waals surface area contributed by atoms with Gasteiger partial charge in [-0.25, -0.2) is 0 Å². The third-order valence-electron chi connectivity index (χ3n) is 13.5. The van der Waals surface area contributed by atoms with Crippen LogP contribution in [0.4, 0.5) is 0 Å². The Kier molecular flexibility index (Phi) is 6.51. The van der Waals surface area contributed by atoms with Crippen molar-refractivity contribution in [2.75, 3.05) is 0 Å². The average Bonchev–Trinajstić information content (AvgIpc) is 3.91. The van der Waals surface area contributed by atoms with Crippen LogP contribution in [0.2, 0.25) is 0 Å². The molecule has 6 aliphatic rings. The predicted octanol–water partition coefficient (Wildman–Crippen LogP) is 11.6. The van der Waals surface area contributed by atoms with E-state index >= 15 is 0 Å². The summed E-state index contributed by atoms with van der Waals surface area (Å²) in [6, 6.07) is 25.1. The molecule has 1 heterocycles. The van der Waals surface area contributed by atoms with Crippen LogP contribution in [0.1, 0.15) is 123 Å². The zero-order chi connectivity index (χ0) is 34.8. The van der Waals surface area contributed by atoms with E-state index in [2.05, 4.69) is 48.6 Å². The van der Waals surface area contributed by atoms with Crippen molar-refractivity contribution in [2.45, 2.75) is 81.5 Å². The second-order valence-electron chi connectivity index (χ2n) is 16.1. The number of allylic oxidation sites excluding steroid dienone is 6. The van der Waals surface area contributed by atoms with Crippen LogP contribution >= 0.6 is 11.3 Å². The molecule has 3 nitrogen and oxygen atoms in total. The lowest BCUT2D eigenvalue weighted by molar-refractivity contribution is 0.0986. The van der Waals surface area contributed by atoms with Crippen LogP contribution in [-0.2, 0) is 17.3 Å². The molecule has 0 unspecified atom stereocenters. The van der Waals surface area contributed by atoms with Gasteiger partial charge in [-0.15, -0.1) is 11.3 Å². The Morgan fingerprint density at radius 2 is 1.04 bits per heavy atom. The lowest BCUT2D eigenvalue weighted by Gasteiger charge is -2.37. The van der Waals surface area contributed by atoms with Crippen molar-refractivity contribution in [3.05, 3.63) is 152 Å². The van der Waals surface area contributed by atoms with Gasteiger partial charge in [0, 0.05) is 59.7 Å². The van der Waals surface area contributed by atoms with Crippen LogP contribution in [0.15, 0.2) is 107 Å². The SMILES string of the molecule is O=C1/C(=C/C2=Cc3cc4sc5cc6c(cc5c4cc3C23CCCCC3)C2(CCCCC2)C(C=C2C(=O)c3ccccc3C2=O)=C6)Cc2ccccc21. The van der Waals surface area contributed by atoms with Gasteiger partial charge in [-0.3, -0.25) is 14.4 Å². The lowest BCUT2D eigenvalue weighted by Crippen LogP contribution is -2.29. The van der Waals surface area contributed by atoms with E-state index in [1.54, 1.807) is 12.1 Å². The normalized spacial score (nSPS) is 21.7. The number of hydrogen-bond acceptors (Lipinski definition) is 4. The number of rotatable bonds is 2. The van der Waals surface area contributed by atoms with E-state index < -0.39 is 0 Å². The molecule has 11 rings (SSSR count). The van der Waals surface area contributed by atoms with Crippen molar-refractivity contribution < 1.29 is 14.4 Å². The second-order valence-corrected chi connectivity index (χ2v) is 17.1. The fourth-order valence-corrected chi connectivity index (χ4v) is 12.1. The Labute approximate surface area is 307 Å². The molecule has 6 aliphatic carbocycles. The summed E-state index contributed by atoms with van der Waals surface area (Å²) < 4.78 is 2.59. The zero-order valence-electron chi connectivity index (χ0n) is 29.1. The number of Topliss-reactive ketones (excluding diaryl/α,β-unsaturated/α-hetero) is 3. The summed E-state index contributed by atoms with van der Waals surface area (Å²) in [7, 11) is 0. The topological polar surface area (TPSA) is 51.2 Å². The molecule has 0 radical (unpaired) electrons. The Balaban J connectivity index is 1.03. The van der Waals surface area contributed by atoms with Crippen molar-refractivity contribution in [3.8, 4) is 0 Å². The predicted molar refractivity (Wildman–Crippen MR) is 211 cm³/mol. The highest BCUT2D eigenvalue weighted by atomic mass is 32.1. The molecule has 254 valence electrons. The van der Waals surface area contributed by atoms with Crippen LogP contribution in [0.5, 0.6) is 0 Å². The molecule has 0 amide bonds. The standard InChI is InChI=1S/C48H38O3S/c49-44-31(19-28-11-3-4-12-34(28)44)22-32-20-29-23-42-37(26-40(29)47(32)15-7-1-8-16-47)38-27-41-30(24-43(38)52-42)21-33(48(41)17-9-2-10-18-48)25-39-45(50)35-13-5-6-14-36(35)46(39)51/h3-6,11-14,20-27H,1-2,7-10,15-19H2/b31-22+. The highest BCUT2D eigenvalue weighted by Gasteiger charge is 2.45. The van der Waals surface area contributed by atoms with Gasteiger partial charge in [0.25, 0.3) is 0 Å². The van der Waals surface area contributed by atoms with Crippen molar-refractivity contribution in [3.63, 3.8) is 0 Å². The molecule has 0 atom stereocenters. The number of hydrogen-bond donors (Lipinski definition) is 0. The van der Waals surface area contributed by atoms with E-state index in [4.69, 9.17) is 0 Å². The molecular formula is C48H38O3S. The molecule has 0 saturated heterocycles. The maximum atomic E-state index is 13.5. The van der Waals surface area contributed by atoms with Crippen molar-refractivity contribution in [1.29, 1.82) is 0 Å². The molecular weight excluding hydrogens is 657 g/mol. The minimum atomic E-state index is -0.188. The van der Waals surface area contributed by atoms with Crippen molar-refractivity contribution in [2.24, 2.45) is 0 Å². The highest BCUT2D eigenvalue weighted by molar-refractivity contribution is 7.25.